The van der Waals surface area contributed by atoms with E-state index in [1.165, 1.54) is 64.2 Å². The minimum atomic E-state index is 0.468. The molecule has 1 nitrogen and oxygen atoms in total. The van der Waals surface area contributed by atoms with Crippen molar-refractivity contribution in [2.24, 2.45) is 52.3 Å². The molecule has 30 heavy (non-hydrogen) atoms. The van der Waals surface area contributed by atoms with Gasteiger partial charge >= 0.3 is 0 Å². The smallest absolute Gasteiger partial charge is 0.0608 e. The summed E-state index contributed by atoms with van der Waals surface area (Å²) in [5, 5.41) is 0. The fraction of sp³-hybridized carbons (Fsp3) is 0.931. The molecule has 0 bridgehead atoms. The maximum Gasteiger partial charge on any atom is 0.0608 e. The van der Waals surface area contributed by atoms with Crippen LogP contribution in [0.3, 0.4) is 0 Å². The molecule has 0 amide bonds. The fourth-order valence-corrected chi connectivity index (χ4v) is 8.86. The quantitative estimate of drug-likeness (QED) is 0.397. The molecular weight excluding hydrogens is 364 g/mol. The Bertz CT molecular complexity index is 634. The summed E-state index contributed by atoms with van der Waals surface area (Å²) >= 11 is 0. The number of methoxy groups -OCH3 is 1. The standard InChI is InChI=1S/C29H50O/c1-19(2)20(3)8-9-21(4)25-12-13-26-24-11-10-22-18-23(30-7)14-16-28(22,5)27(24)15-17-29(25,26)6/h10,19-21,23-27H,8-9,11-18H2,1-7H3/t20-,21-,23+,24+,25-,26+,27+,28+,29-/m1/s1. The molecule has 0 heterocycles. The number of hydrogen-bond donors (Lipinski definition) is 0. The van der Waals surface area contributed by atoms with Crippen LogP contribution in [0.5, 0.6) is 0 Å². The second-order valence-corrected chi connectivity index (χ2v) is 12.9. The van der Waals surface area contributed by atoms with E-state index in [0.717, 1.165) is 41.4 Å². The molecule has 0 saturated heterocycles. The van der Waals surface area contributed by atoms with Crippen LogP contribution in [0.4, 0.5) is 0 Å². The van der Waals surface area contributed by atoms with Crippen LogP contribution in [0, 0.1) is 52.3 Å². The Balaban J connectivity index is 1.48. The van der Waals surface area contributed by atoms with Crippen molar-refractivity contribution >= 4 is 0 Å². The molecule has 0 aromatic heterocycles. The lowest BCUT2D eigenvalue weighted by Gasteiger charge is -2.58. The van der Waals surface area contributed by atoms with Gasteiger partial charge in [-0.15, -0.1) is 0 Å². The van der Waals surface area contributed by atoms with Crippen molar-refractivity contribution in [1.82, 2.24) is 0 Å². The first kappa shape index (κ1) is 22.9. The summed E-state index contributed by atoms with van der Waals surface area (Å²) in [5.41, 5.74) is 2.83. The lowest BCUT2D eigenvalue weighted by molar-refractivity contribution is -0.0603. The first-order valence-corrected chi connectivity index (χ1v) is 13.4. The first-order chi connectivity index (χ1) is 14.2. The number of ether oxygens (including phenoxy) is 1. The second kappa shape index (κ2) is 8.57. The van der Waals surface area contributed by atoms with E-state index < -0.39 is 0 Å². The van der Waals surface area contributed by atoms with Gasteiger partial charge in [0.05, 0.1) is 6.10 Å². The zero-order valence-corrected chi connectivity index (χ0v) is 21.2. The van der Waals surface area contributed by atoms with E-state index in [9.17, 15) is 0 Å². The number of rotatable bonds is 6. The largest absolute Gasteiger partial charge is 0.381 e. The van der Waals surface area contributed by atoms with Gasteiger partial charge in [-0.25, -0.2) is 0 Å². The van der Waals surface area contributed by atoms with Crippen LogP contribution in [0.15, 0.2) is 11.6 Å². The summed E-state index contributed by atoms with van der Waals surface area (Å²) in [4.78, 5) is 0. The molecule has 4 aliphatic carbocycles. The monoisotopic (exact) mass is 414 g/mol. The van der Waals surface area contributed by atoms with E-state index in [2.05, 4.69) is 47.6 Å². The van der Waals surface area contributed by atoms with Gasteiger partial charge in [0.1, 0.15) is 0 Å². The zero-order valence-electron chi connectivity index (χ0n) is 21.2. The molecular formula is C29H50O. The van der Waals surface area contributed by atoms with Crippen LogP contribution >= 0.6 is 0 Å². The summed E-state index contributed by atoms with van der Waals surface area (Å²) in [6, 6.07) is 0. The lowest BCUT2D eigenvalue weighted by atomic mass is 9.47. The Labute approximate surface area is 187 Å². The highest BCUT2D eigenvalue weighted by atomic mass is 16.5. The van der Waals surface area contributed by atoms with E-state index in [-0.39, 0.29) is 0 Å². The van der Waals surface area contributed by atoms with Crippen molar-refractivity contribution < 1.29 is 4.74 Å². The maximum absolute atomic E-state index is 5.76. The maximum atomic E-state index is 5.76. The molecule has 0 spiro atoms. The third-order valence-electron chi connectivity index (χ3n) is 11.4. The van der Waals surface area contributed by atoms with Crippen LogP contribution in [0.2, 0.25) is 0 Å². The minimum absolute atomic E-state index is 0.468. The third-order valence-corrected chi connectivity index (χ3v) is 11.4. The van der Waals surface area contributed by atoms with Crippen LogP contribution in [0.1, 0.15) is 106 Å². The average Bonchev–Trinajstić information content (AvgIpc) is 3.08. The van der Waals surface area contributed by atoms with Gasteiger partial charge in [0, 0.05) is 7.11 Å². The van der Waals surface area contributed by atoms with E-state index in [4.69, 9.17) is 4.74 Å². The van der Waals surface area contributed by atoms with Crippen LogP contribution < -0.4 is 0 Å². The van der Waals surface area contributed by atoms with Crippen molar-refractivity contribution in [1.29, 1.82) is 0 Å². The van der Waals surface area contributed by atoms with Crippen molar-refractivity contribution in [2.45, 2.75) is 112 Å². The van der Waals surface area contributed by atoms with Gasteiger partial charge in [-0.1, -0.05) is 66.0 Å². The van der Waals surface area contributed by atoms with E-state index in [0.29, 0.717) is 16.9 Å². The predicted molar refractivity (Wildman–Crippen MR) is 128 cm³/mol. The Morgan fingerprint density at radius 2 is 1.73 bits per heavy atom. The van der Waals surface area contributed by atoms with Gasteiger partial charge in [-0.3, -0.25) is 0 Å². The number of fused-ring (bicyclic) bond motifs is 5. The highest BCUT2D eigenvalue weighted by Crippen LogP contribution is 2.67. The van der Waals surface area contributed by atoms with Crippen molar-refractivity contribution in [2.75, 3.05) is 7.11 Å². The third kappa shape index (κ3) is 3.74. The second-order valence-electron chi connectivity index (χ2n) is 12.9. The minimum Gasteiger partial charge on any atom is -0.381 e. The van der Waals surface area contributed by atoms with Gasteiger partial charge < -0.3 is 4.74 Å². The van der Waals surface area contributed by atoms with Crippen molar-refractivity contribution in [3.05, 3.63) is 11.6 Å². The summed E-state index contributed by atoms with van der Waals surface area (Å²) in [5.74, 6) is 6.42. The summed E-state index contributed by atoms with van der Waals surface area (Å²) in [7, 11) is 1.91. The first-order valence-electron chi connectivity index (χ1n) is 13.4. The Hall–Kier alpha value is -0.300. The van der Waals surface area contributed by atoms with Crippen molar-refractivity contribution in [3.8, 4) is 0 Å². The SMILES string of the molecule is CO[C@H]1CC[C@@]2(C)C(=CC[C@H]3[C@@H]4CC[C@H]([C@H](C)CC[C@@H](C)C(C)C)[C@@]4(C)CC[C@@H]32)C1. The van der Waals surface area contributed by atoms with Gasteiger partial charge in [0.25, 0.3) is 0 Å². The molecule has 9 atom stereocenters. The zero-order chi connectivity index (χ0) is 21.7. The van der Waals surface area contributed by atoms with Crippen LogP contribution in [0.25, 0.3) is 0 Å². The highest BCUT2D eigenvalue weighted by Gasteiger charge is 2.59. The molecule has 0 aromatic carbocycles. The van der Waals surface area contributed by atoms with Gasteiger partial charge in [0.15, 0.2) is 0 Å². The Morgan fingerprint density at radius 3 is 2.43 bits per heavy atom. The Morgan fingerprint density at radius 1 is 0.967 bits per heavy atom. The average molecular weight is 415 g/mol. The Kier molecular flexibility index (Phi) is 6.53. The van der Waals surface area contributed by atoms with Crippen molar-refractivity contribution in [3.63, 3.8) is 0 Å². The summed E-state index contributed by atoms with van der Waals surface area (Å²) in [6.45, 7) is 15.2. The lowest BCUT2D eigenvalue weighted by Crippen LogP contribution is -2.51. The molecule has 0 unspecified atom stereocenters. The highest BCUT2D eigenvalue weighted by molar-refractivity contribution is 5.25. The fourth-order valence-electron chi connectivity index (χ4n) is 8.86. The molecule has 0 aromatic rings. The topological polar surface area (TPSA) is 9.23 Å². The normalized spacial score (nSPS) is 45.3. The number of allylic oxidation sites excluding steroid dienone is 1. The number of hydrogen-bond acceptors (Lipinski definition) is 1. The molecule has 4 aliphatic rings. The van der Waals surface area contributed by atoms with Crippen LogP contribution in [-0.2, 0) is 4.74 Å². The molecule has 3 fully saturated rings. The summed E-state index contributed by atoms with van der Waals surface area (Å²) < 4.78 is 5.76. The van der Waals surface area contributed by atoms with Crippen LogP contribution in [-0.4, -0.2) is 13.2 Å². The molecule has 0 radical (unpaired) electrons. The molecule has 4 rings (SSSR count). The van der Waals surface area contributed by atoms with E-state index in [1.54, 1.807) is 5.57 Å². The molecule has 1 heteroatoms. The summed E-state index contributed by atoms with van der Waals surface area (Å²) in [6.07, 6.45) is 17.2. The molecule has 172 valence electrons. The van der Waals surface area contributed by atoms with E-state index >= 15 is 0 Å². The predicted octanol–water partition coefficient (Wildman–Crippen LogP) is 8.29. The molecule has 0 aliphatic heterocycles. The molecule has 0 N–H and O–H groups in total. The van der Waals surface area contributed by atoms with Gasteiger partial charge in [0.2, 0.25) is 0 Å². The molecule has 3 saturated carbocycles. The van der Waals surface area contributed by atoms with E-state index in [1.807, 2.05) is 7.11 Å². The van der Waals surface area contributed by atoms with Gasteiger partial charge in [-0.2, -0.15) is 0 Å². The van der Waals surface area contributed by atoms with Gasteiger partial charge in [-0.05, 0) is 104 Å².